The van der Waals surface area contributed by atoms with E-state index >= 15 is 0 Å². The highest BCUT2D eigenvalue weighted by Crippen LogP contribution is 2.17. The third-order valence-corrected chi connectivity index (χ3v) is 3.66. The molecule has 1 aliphatic rings. The van der Waals surface area contributed by atoms with Crippen molar-refractivity contribution in [1.29, 1.82) is 0 Å². The summed E-state index contributed by atoms with van der Waals surface area (Å²) in [6, 6.07) is 7.61. The molecule has 0 bridgehead atoms. The molecule has 20 heavy (non-hydrogen) atoms. The Kier molecular flexibility index (Phi) is 5.87. The quantitative estimate of drug-likeness (QED) is 0.777. The van der Waals surface area contributed by atoms with Crippen LogP contribution in [0, 0.1) is 5.92 Å². The molecule has 1 unspecified atom stereocenters. The fourth-order valence-electron chi connectivity index (χ4n) is 2.42. The Bertz CT molecular complexity index is 410. The zero-order valence-electron chi connectivity index (χ0n) is 12.1. The van der Waals surface area contributed by atoms with Gasteiger partial charge in [-0.05, 0) is 42.9 Å². The molecule has 1 fully saturated rings. The first-order valence-electron chi connectivity index (χ1n) is 7.25. The predicted molar refractivity (Wildman–Crippen MR) is 77.9 cm³/mol. The number of hydrogen-bond donors (Lipinski definition) is 1. The molecule has 1 saturated heterocycles. The van der Waals surface area contributed by atoms with E-state index in [4.69, 9.17) is 9.47 Å². The summed E-state index contributed by atoms with van der Waals surface area (Å²) in [5.41, 5.74) is 1.01. The average Bonchev–Trinajstić information content (AvgIpc) is 2.98. The number of carbonyl (C=O) groups excluding carboxylic acids is 1. The van der Waals surface area contributed by atoms with Gasteiger partial charge < -0.3 is 14.8 Å². The van der Waals surface area contributed by atoms with Crippen LogP contribution < -0.4 is 10.1 Å². The van der Waals surface area contributed by atoms with Gasteiger partial charge in [0.25, 0.3) is 0 Å². The highest BCUT2D eigenvalue weighted by atomic mass is 16.5. The van der Waals surface area contributed by atoms with Gasteiger partial charge in [0.15, 0.2) is 0 Å². The van der Waals surface area contributed by atoms with Crippen LogP contribution in [0.2, 0.25) is 0 Å². The van der Waals surface area contributed by atoms with Crippen LogP contribution in [0.4, 0.5) is 0 Å². The van der Waals surface area contributed by atoms with Gasteiger partial charge in [-0.1, -0.05) is 12.1 Å². The highest BCUT2D eigenvalue weighted by Gasteiger charge is 2.14. The summed E-state index contributed by atoms with van der Waals surface area (Å²) < 4.78 is 10.4. The van der Waals surface area contributed by atoms with Crippen LogP contribution >= 0.6 is 0 Å². The topological polar surface area (TPSA) is 47.6 Å². The van der Waals surface area contributed by atoms with Crippen molar-refractivity contribution in [3.63, 3.8) is 0 Å². The van der Waals surface area contributed by atoms with Gasteiger partial charge in [0, 0.05) is 19.8 Å². The van der Waals surface area contributed by atoms with E-state index in [1.807, 2.05) is 24.3 Å². The monoisotopic (exact) mass is 277 g/mol. The number of benzene rings is 1. The third-order valence-electron chi connectivity index (χ3n) is 3.66. The molecular weight excluding hydrogens is 254 g/mol. The summed E-state index contributed by atoms with van der Waals surface area (Å²) in [7, 11) is 1.64. The van der Waals surface area contributed by atoms with E-state index in [1.54, 1.807) is 7.11 Å². The van der Waals surface area contributed by atoms with E-state index in [2.05, 4.69) is 5.32 Å². The zero-order valence-corrected chi connectivity index (χ0v) is 12.1. The largest absolute Gasteiger partial charge is 0.497 e. The second kappa shape index (κ2) is 7.90. The maximum Gasteiger partial charge on any atom is 0.224 e. The second-order valence-electron chi connectivity index (χ2n) is 5.25. The summed E-state index contributed by atoms with van der Waals surface area (Å²) in [6.45, 7) is 2.54. The summed E-state index contributed by atoms with van der Waals surface area (Å²) >= 11 is 0. The smallest absolute Gasteiger partial charge is 0.224 e. The van der Waals surface area contributed by atoms with E-state index in [9.17, 15) is 4.79 Å². The standard InChI is InChI=1S/C16H23NO3/c1-19-15-6-4-13(5-7-15)11-16(18)17-9-2-3-14-8-10-20-12-14/h4-7,14H,2-3,8-12H2,1H3,(H,17,18). The summed E-state index contributed by atoms with van der Waals surface area (Å²) in [4.78, 5) is 11.8. The van der Waals surface area contributed by atoms with Gasteiger partial charge in [0.2, 0.25) is 5.91 Å². The Balaban J connectivity index is 1.61. The number of amides is 1. The van der Waals surface area contributed by atoms with Gasteiger partial charge >= 0.3 is 0 Å². The molecule has 2 rings (SSSR count). The van der Waals surface area contributed by atoms with Gasteiger partial charge in [-0.3, -0.25) is 4.79 Å². The van der Waals surface area contributed by atoms with Crippen LogP contribution in [0.15, 0.2) is 24.3 Å². The molecule has 1 heterocycles. The molecule has 4 nitrogen and oxygen atoms in total. The van der Waals surface area contributed by atoms with Crippen LogP contribution in [-0.4, -0.2) is 32.8 Å². The molecule has 1 aromatic rings. The molecule has 4 heteroatoms. The van der Waals surface area contributed by atoms with Gasteiger partial charge in [-0.25, -0.2) is 0 Å². The lowest BCUT2D eigenvalue weighted by Crippen LogP contribution is -2.26. The van der Waals surface area contributed by atoms with Crippen molar-refractivity contribution in [3.05, 3.63) is 29.8 Å². The van der Waals surface area contributed by atoms with E-state index < -0.39 is 0 Å². The van der Waals surface area contributed by atoms with Crippen LogP contribution in [0.5, 0.6) is 5.75 Å². The molecule has 0 radical (unpaired) electrons. The number of ether oxygens (including phenoxy) is 2. The lowest BCUT2D eigenvalue weighted by Gasteiger charge is -2.08. The molecule has 1 N–H and O–H groups in total. The van der Waals surface area contributed by atoms with Crippen molar-refractivity contribution in [1.82, 2.24) is 5.32 Å². The van der Waals surface area contributed by atoms with Crippen LogP contribution in [0.3, 0.4) is 0 Å². The number of carbonyl (C=O) groups is 1. The summed E-state index contributed by atoms with van der Waals surface area (Å²) in [6.07, 6.45) is 3.77. The van der Waals surface area contributed by atoms with E-state index in [0.29, 0.717) is 12.3 Å². The van der Waals surface area contributed by atoms with Gasteiger partial charge in [0.1, 0.15) is 5.75 Å². The Morgan fingerprint density at radius 2 is 2.20 bits per heavy atom. The first kappa shape index (κ1) is 14.9. The second-order valence-corrected chi connectivity index (χ2v) is 5.25. The van der Waals surface area contributed by atoms with Crippen molar-refractivity contribution in [2.45, 2.75) is 25.7 Å². The van der Waals surface area contributed by atoms with Gasteiger partial charge in [-0.2, -0.15) is 0 Å². The van der Waals surface area contributed by atoms with Crippen LogP contribution in [0.25, 0.3) is 0 Å². The fraction of sp³-hybridized carbons (Fsp3) is 0.562. The minimum absolute atomic E-state index is 0.0813. The van der Waals surface area contributed by atoms with Crippen molar-refractivity contribution in [2.75, 3.05) is 26.9 Å². The minimum atomic E-state index is 0.0813. The Morgan fingerprint density at radius 1 is 1.40 bits per heavy atom. The molecule has 0 saturated carbocycles. The first-order chi connectivity index (χ1) is 9.78. The molecule has 1 amide bonds. The number of rotatable bonds is 7. The maximum absolute atomic E-state index is 11.8. The fourth-order valence-corrected chi connectivity index (χ4v) is 2.42. The molecule has 1 aromatic carbocycles. The van der Waals surface area contributed by atoms with Crippen molar-refractivity contribution < 1.29 is 14.3 Å². The first-order valence-corrected chi connectivity index (χ1v) is 7.25. The van der Waals surface area contributed by atoms with Crippen LogP contribution in [0.1, 0.15) is 24.8 Å². The van der Waals surface area contributed by atoms with E-state index in [1.165, 1.54) is 6.42 Å². The minimum Gasteiger partial charge on any atom is -0.497 e. The van der Waals surface area contributed by atoms with Crippen molar-refractivity contribution in [2.24, 2.45) is 5.92 Å². The lowest BCUT2D eigenvalue weighted by molar-refractivity contribution is -0.120. The molecule has 0 aliphatic carbocycles. The molecule has 0 aromatic heterocycles. The molecule has 1 atom stereocenters. The van der Waals surface area contributed by atoms with Crippen LogP contribution in [-0.2, 0) is 16.0 Å². The Labute approximate surface area is 120 Å². The van der Waals surface area contributed by atoms with Crippen molar-refractivity contribution >= 4 is 5.91 Å². The normalized spacial score (nSPS) is 17.9. The number of hydrogen-bond acceptors (Lipinski definition) is 3. The number of methoxy groups -OCH3 is 1. The maximum atomic E-state index is 11.8. The highest BCUT2D eigenvalue weighted by molar-refractivity contribution is 5.78. The average molecular weight is 277 g/mol. The van der Waals surface area contributed by atoms with Gasteiger partial charge in [0.05, 0.1) is 13.5 Å². The predicted octanol–water partition coefficient (Wildman–Crippen LogP) is 2.17. The summed E-state index contributed by atoms with van der Waals surface area (Å²) in [5, 5.41) is 2.97. The summed E-state index contributed by atoms with van der Waals surface area (Å²) in [5.74, 6) is 1.58. The molecule has 1 aliphatic heterocycles. The third kappa shape index (κ3) is 4.85. The Morgan fingerprint density at radius 3 is 2.85 bits per heavy atom. The van der Waals surface area contributed by atoms with E-state index in [0.717, 1.165) is 43.9 Å². The van der Waals surface area contributed by atoms with E-state index in [-0.39, 0.29) is 5.91 Å². The SMILES string of the molecule is COc1ccc(CC(=O)NCCCC2CCOC2)cc1. The van der Waals surface area contributed by atoms with Gasteiger partial charge in [-0.15, -0.1) is 0 Å². The molecule has 110 valence electrons. The zero-order chi connectivity index (χ0) is 14.2. The number of nitrogens with one attached hydrogen (secondary N) is 1. The lowest BCUT2D eigenvalue weighted by atomic mass is 10.0. The van der Waals surface area contributed by atoms with Crippen molar-refractivity contribution in [3.8, 4) is 5.75 Å². The Hall–Kier alpha value is -1.55. The molecule has 0 spiro atoms. The molecular formula is C16H23NO3.